The highest BCUT2D eigenvalue weighted by atomic mass is 35.5. The number of rotatable bonds is 3. The average molecular weight is 276 g/mol. The molecule has 2 nitrogen and oxygen atoms in total. The van der Waals surface area contributed by atoms with E-state index in [0.717, 1.165) is 15.4 Å². The van der Waals surface area contributed by atoms with Gasteiger partial charge in [-0.1, -0.05) is 35.5 Å². The standard InChI is InChI=1S/C14H10ClNOS/c15-14-7-13(6-3-11(14)8-16)18-12-4-1-10(9-17)2-5-12/h1-7,17H,9H2. The summed E-state index contributed by atoms with van der Waals surface area (Å²) in [6.07, 6.45) is 0. The van der Waals surface area contributed by atoms with E-state index in [9.17, 15) is 0 Å². The van der Waals surface area contributed by atoms with E-state index in [1.54, 1.807) is 23.9 Å². The molecular formula is C14H10ClNOS. The van der Waals surface area contributed by atoms with Gasteiger partial charge in [0.05, 0.1) is 17.2 Å². The van der Waals surface area contributed by atoms with Crippen LogP contribution < -0.4 is 0 Å². The molecule has 0 aromatic heterocycles. The van der Waals surface area contributed by atoms with Gasteiger partial charge >= 0.3 is 0 Å². The summed E-state index contributed by atoms with van der Waals surface area (Å²) in [5.41, 5.74) is 1.37. The lowest BCUT2D eigenvalue weighted by Gasteiger charge is -2.04. The van der Waals surface area contributed by atoms with Gasteiger partial charge in [0.2, 0.25) is 0 Å². The molecule has 0 aliphatic rings. The minimum absolute atomic E-state index is 0.0492. The van der Waals surface area contributed by atoms with Crippen molar-refractivity contribution in [3.8, 4) is 6.07 Å². The average Bonchev–Trinajstić information content (AvgIpc) is 2.40. The molecule has 18 heavy (non-hydrogen) atoms. The number of benzene rings is 2. The van der Waals surface area contributed by atoms with E-state index in [1.165, 1.54) is 0 Å². The fourth-order valence-electron chi connectivity index (χ4n) is 1.45. The first-order chi connectivity index (χ1) is 8.72. The van der Waals surface area contributed by atoms with Gasteiger partial charge in [0.25, 0.3) is 0 Å². The normalized spacial score (nSPS) is 10.1. The number of aliphatic hydroxyl groups is 1. The van der Waals surface area contributed by atoms with Crippen molar-refractivity contribution in [3.05, 3.63) is 58.6 Å². The molecule has 0 amide bonds. The summed E-state index contributed by atoms with van der Waals surface area (Å²) in [5, 5.41) is 18.2. The maximum atomic E-state index is 8.96. The molecule has 0 unspecified atom stereocenters. The lowest BCUT2D eigenvalue weighted by Crippen LogP contribution is -1.82. The Morgan fingerprint density at radius 3 is 2.33 bits per heavy atom. The van der Waals surface area contributed by atoms with E-state index in [4.69, 9.17) is 22.0 Å². The van der Waals surface area contributed by atoms with Gasteiger partial charge < -0.3 is 5.11 Å². The topological polar surface area (TPSA) is 44.0 Å². The number of aliphatic hydroxyl groups excluding tert-OH is 1. The van der Waals surface area contributed by atoms with Crippen LogP contribution in [0.15, 0.2) is 52.3 Å². The first kappa shape index (κ1) is 13.0. The fraction of sp³-hybridized carbons (Fsp3) is 0.0714. The van der Waals surface area contributed by atoms with E-state index in [0.29, 0.717) is 10.6 Å². The third-order valence-electron chi connectivity index (χ3n) is 2.40. The molecule has 0 saturated heterocycles. The van der Waals surface area contributed by atoms with Crippen LogP contribution in [0.4, 0.5) is 0 Å². The van der Waals surface area contributed by atoms with Gasteiger partial charge in [-0.2, -0.15) is 5.26 Å². The molecule has 0 spiro atoms. The van der Waals surface area contributed by atoms with E-state index < -0.39 is 0 Å². The number of hydrogen-bond donors (Lipinski definition) is 1. The maximum Gasteiger partial charge on any atom is 0.101 e. The summed E-state index contributed by atoms with van der Waals surface area (Å²) in [6.45, 7) is 0.0492. The Balaban J connectivity index is 2.18. The van der Waals surface area contributed by atoms with Gasteiger partial charge in [-0.05, 0) is 35.9 Å². The molecular weight excluding hydrogens is 266 g/mol. The SMILES string of the molecule is N#Cc1ccc(Sc2ccc(CO)cc2)cc1Cl. The second-order valence-electron chi connectivity index (χ2n) is 3.66. The van der Waals surface area contributed by atoms with Crippen molar-refractivity contribution in [1.82, 2.24) is 0 Å². The minimum Gasteiger partial charge on any atom is -0.392 e. The molecule has 0 bridgehead atoms. The van der Waals surface area contributed by atoms with E-state index in [2.05, 4.69) is 0 Å². The van der Waals surface area contributed by atoms with E-state index in [-0.39, 0.29) is 6.61 Å². The lowest BCUT2D eigenvalue weighted by molar-refractivity contribution is 0.282. The zero-order valence-corrected chi connectivity index (χ0v) is 11.0. The van der Waals surface area contributed by atoms with Gasteiger partial charge in [-0.15, -0.1) is 0 Å². The zero-order valence-electron chi connectivity index (χ0n) is 9.43. The Labute approximate surface area is 115 Å². The Hall–Kier alpha value is -1.47. The van der Waals surface area contributed by atoms with Gasteiger partial charge in [0.15, 0.2) is 0 Å². The highest BCUT2D eigenvalue weighted by Gasteiger charge is 2.03. The largest absolute Gasteiger partial charge is 0.392 e. The number of halogens is 1. The van der Waals surface area contributed by atoms with Crippen LogP contribution in [-0.2, 0) is 6.61 Å². The predicted octanol–water partition coefficient (Wildman–Crippen LogP) is 3.86. The van der Waals surface area contributed by atoms with Crippen LogP contribution in [0.5, 0.6) is 0 Å². The molecule has 4 heteroatoms. The highest BCUT2D eigenvalue weighted by Crippen LogP contribution is 2.30. The quantitative estimate of drug-likeness (QED) is 0.925. The fourth-order valence-corrected chi connectivity index (χ4v) is 2.59. The molecule has 0 heterocycles. The van der Waals surface area contributed by atoms with Crippen LogP contribution in [0.2, 0.25) is 5.02 Å². The van der Waals surface area contributed by atoms with Crippen molar-refractivity contribution in [2.75, 3.05) is 0 Å². The van der Waals surface area contributed by atoms with Crippen molar-refractivity contribution in [2.24, 2.45) is 0 Å². The van der Waals surface area contributed by atoms with Crippen LogP contribution in [0.3, 0.4) is 0 Å². The lowest BCUT2D eigenvalue weighted by atomic mass is 10.2. The van der Waals surface area contributed by atoms with Gasteiger partial charge in [-0.3, -0.25) is 0 Å². The van der Waals surface area contributed by atoms with Crippen LogP contribution in [0.25, 0.3) is 0 Å². The molecule has 0 saturated carbocycles. The highest BCUT2D eigenvalue weighted by molar-refractivity contribution is 7.99. The predicted molar refractivity (Wildman–Crippen MR) is 72.7 cm³/mol. The second-order valence-corrected chi connectivity index (χ2v) is 5.21. The van der Waals surface area contributed by atoms with Crippen LogP contribution in [-0.4, -0.2) is 5.11 Å². The smallest absolute Gasteiger partial charge is 0.101 e. The Morgan fingerprint density at radius 2 is 1.78 bits per heavy atom. The van der Waals surface area contributed by atoms with Crippen molar-refractivity contribution >= 4 is 23.4 Å². The Kier molecular flexibility index (Phi) is 4.27. The molecule has 0 atom stereocenters. The number of nitrogens with zero attached hydrogens (tertiary/aromatic N) is 1. The summed E-state index contributed by atoms with van der Waals surface area (Å²) in [4.78, 5) is 2.05. The van der Waals surface area contributed by atoms with Crippen LogP contribution >= 0.6 is 23.4 Å². The molecule has 0 aliphatic heterocycles. The molecule has 0 aliphatic carbocycles. The Morgan fingerprint density at radius 1 is 1.11 bits per heavy atom. The van der Waals surface area contributed by atoms with Crippen molar-refractivity contribution in [3.63, 3.8) is 0 Å². The first-order valence-electron chi connectivity index (χ1n) is 5.30. The summed E-state index contributed by atoms with van der Waals surface area (Å²) >= 11 is 7.54. The summed E-state index contributed by atoms with van der Waals surface area (Å²) < 4.78 is 0. The summed E-state index contributed by atoms with van der Waals surface area (Å²) in [7, 11) is 0. The Bertz CT molecular complexity index is 590. The molecule has 0 fully saturated rings. The number of hydrogen-bond acceptors (Lipinski definition) is 3. The first-order valence-corrected chi connectivity index (χ1v) is 6.49. The molecule has 2 aromatic rings. The summed E-state index contributed by atoms with van der Waals surface area (Å²) in [5.74, 6) is 0. The van der Waals surface area contributed by atoms with Crippen molar-refractivity contribution in [2.45, 2.75) is 16.4 Å². The zero-order chi connectivity index (χ0) is 13.0. The van der Waals surface area contributed by atoms with Crippen molar-refractivity contribution < 1.29 is 5.11 Å². The van der Waals surface area contributed by atoms with Gasteiger partial charge in [0.1, 0.15) is 6.07 Å². The molecule has 2 rings (SSSR count). The maximum absolute atomic E-state index is 8.96. The van der Waals surface area contributed by atoms with E-state index in [1.807, 2.05) is 36.4 Å². The van der Waals surface area contributed by atoms with E-state index >= 15 is 0 Å². The third-order valence-corrected chi connectivity index (χ3v) is 3.71. The minimum atomic E-state index is 0.0492. The van der Waals surface area contributed by atoms with Crippen LogP contribution in [0.1, 0.15) is 11.1 Å². The second kappa shape index (κ2) is 5.92. The molecule has 2 aromatic carbocycles. The molecule has 1 N–H and O–H groups in total. The monoisotopic (exact) mass is 275 g/mol. The van der Waals surface area contributed by atoms with Crippen LogP contribution in [0, 0.1) is 11.3 Å². The molecule has 90 valence electrons. The number of nitriles is 1. The third kappa shape index (κ3) is 3.05. The van der Waals surface area contributed by atoms with Crippen molar-refractivity contribution in [1.29, 1.82) is 5.26 Å². The molecule has 0 radical (unpaired) electrons. The van der Waals surface area contributed by atoms with Gasteiger partial charge in [0, 0.05) is 9.79 Å². The van der Waals surface area contributed by atoms with Gasteiger partial charge in [-0.25, -0.2) is 0 Å². The summed E-state index contributed by atoms with van der Waals surface area (Å²) in [6, 6.07) is 15.1.